The molecule has 0 amide bonds. The maximum absolute atomic E-state index is 13.4. The monoisotopic (exact) mass is 328 g/mol. The van der Waals surface area contributed by atoms with Crippen LogP contribution in [0.5, 0.6) is 0 Å². The highest BCUT2D eigenvalue weighted by Crippen LogP contribution is 2.24. The van der Waals surface area contributed by atoms with Crippen LogP contribution in [-0.2, 0) is 16.1 Å². The van der Waals surface area contributed by atoms with E-state index < -0.39 is 29.5 Å². The van der Waals surface area contributed by atoms with Crippen molar-refractivity contribution < 1.29 is 22.7 Å². The second-order valence-electron chi connectivity index (χ2n) is 4.86. The van der Waals surface area contributed by atoms with E-state index in [4.69, 9.17) is 0 Å². The molecule has 0 N–H and O–H groups in total. The van der Waals surface area contributed by atoms with E-state index in [1.165, 1.54) is 22.2 Å². The number of hydrogen-bond donors (Lipinski definition) is 0. The first-order chi connectivity index (χ1) is 10.9. The minimum Gasteiger partial charge on any atom is -0.468 e. The highest BCUT2D eigenvalue weighted by atomic mass is 19.2. The Bertz CT molecular complexity index is 656. The van der Waals surface area contributed by atoms with Crippen molar-refractivity contribution in [2.75, 3.05) is 20.7 Å². The average Bonchev–Trinajstić information content (AvgIpc) is 3.04. The molecular formula is C14H15F3N4O2. The molecule has 0 fully saturated rings. The number of methoxy groups -OCH3 is 1. The van der Waals surface area contributed by atoms with Crippen LogP contribution in [0.4, 0.5) is 13.2 Å². The van der Waals surface area contributed by atoms with Gasteiger partial charge in [0, 0.05) is 6.54 Å². The fraction of sp³-hybridized carbons (Fsp3) is 0.357. The Kier molecular flexibility index (Phi) is 5.32. The third kappa shape index (κ3) is 3.86. The molecular weight excluding hydrogens is 313 g/mol. The number of hydrogen-bond acceptors (Lipinski definition) is 5. The van der Waals surface area contributed by atoms with Crippen LogP contribution < -0.4 is 0 Å². The largest absolute Gasteiger partial charge is 0.468 e. The number of halogens is 3. The normalized spacial score (nSPS) is 12.4. The molecule has 124 valence electrons. The molecule has 0 aliphatic carbocycles. The van der Waals surface area contributed by atoms with Crippen LogP contribution in [0.3, 0.4) is 0 Å². The summed E-state index contributed by atoms with van der Waals surface area (Å²) in [6.45, 7) is 0.722. The summed E-state index contributed by atoms with van der Waals surface area (Å²) in [5.41, 5.74) is -0.0330. The number of carbonyl (C=O) groups is 1. The van der Waals surface area contributed by atoms with Crippen LogP contribution in [0.25, 0.3) is 0 Å². The Hall–Kier alpha value is -2.42. The van der Waals surface area contributed by atoms with Gasteiger partial charge in [-0.3, -0.25) is 9.58 Å². The third-order valence-corrected chi connectivity index (χ3v) is 3.34. The number of nitrogens with zero attached hydrogens (tertiary/aromatic N) is 4. The lowest BCUT2D eigenvalue weighted by molar-refractivity contribution is -0.146. The SMILES string of the molecule is COC(=O)[C@H](c1cc(F)c(F)c(F)c1)N(C)CCn1cncn1. The summed E-state index contributed by atoms with van der Waals surface area (Å²) in [6.07, 6.45) is 2.86. The van der Waals surface area contributed by atoms with Crippen molar-refractivity contribution in [1.29, 1.82) is 0 Å². The predicted molar refractivity (Wildman–Crippen MR) is 73.7 cm³/mol. The van der Waals surface area contributed by atoms with Crippen molar-refractivity contribution in [2.24, 2.45) is 0 Å². The molecule has 0 radical (unpaired) electrons. The second kappa shape index (κ2) is 7.23. The molecule has 1 aromatic carbocycles. The van der Waals surface area contributed by atoms with E-state index in [-0.39, 0.29) is 5.56 Å². The summed E-state index contributed by atoms with van der Waals surface area (Å²) in [5.74, 6) is -5.02. The predicted octanol–water partition coefficient (Wildman–Crippen LogP) is 1.54. The van der Waals surface area contributed by atoms with Crippen LogP contribution in [0.15, 0.2) is 24.8 Å². The van der Waals surface area contributed by atoms with Crippen LogP contribution in [0.2, 0.25) is 0 Å². The second-order valence-corrected chi connectivity index (χ2v) is 4.86. The third-order valence-electron chi connectivity index (χ3n) is 3.34. The Morgan fingerprint density at radius 3 is 2.52 bits per heavy atom. The molecule has 0 saturated carbocycles. The zero-order valence-electron chi connectivity index (χ0n) is 12.5. The van der Waals surface area contributed by atoms with Crippen molar-refractivity contribution in [3.8, 4) is 0 Å². The summed E-state index contributed by atoms with van der Waals surface area (Å²) in [5, 5.41) is 3.92. The topological polar surface area (TPSA) is 60.2 Å². The van der Waals surface area contributed by atoms with Gasteiger partial charge in [-0.15, -0.1) is 0 Å². The molecule has 1 heterocycles. The average molecular weight is 328 g/mol. The van der Waals surface area contributed by atoms with Crippen molar-refractivity contribution in [2.45, 2.75) is 12.6 Å². The number of likely N-dealkylation sites (N-methyl/N-ethyl adjacent to an activating group) is 1. The molecule has 0 spiro atoms. The molecule has 2 rings (SSSR count). The Balaban J connectivity index is 2.24. The zero-order chi connectivity index (χ0) is 17.0. The fourth-order valence-electron chi connectivity index (χ4n) is 2.15. The van der Waals surface area contributed by atoms with Gasteiger partial charge >= 0.3 is 5.97 Å². The van der Waals surface area contributed by atoms with Crippen molar-refractivity contribution in [3.63, 3.8) is 0 Å². The number of ether oxygens (including phenoxy) is 1. The number of aromatic nitrogens is 3. The van der Waals surface area contributed by atoms with E-state index in [1.54, 1.807) is 7.05 Å². The van der Waals surface area contributed by atoms with Gasteiger partial charge in [0.2, 0.25) is 0 Å². The smallest absolute Gasteiger partial charge is 0.327 e. The number of rotatable bonds is 6. The first-order valence-corrected chi connectivity index (χ1v) is 6.69. The van der Waals surface area contributed by atoms with Crippen LogP contribution in [0.1, 0.15) is 11.6 Å². The summed E-state index contributed by atoms with van der Waals surface area (Å²) in [6, 6.07) is 0.492. The van der Waals surface area contributed by atoms with E-state index in [0.29, 0.717) is 13.1 Å². The molecule has 23 heavy (non-hydrogen) atoms. The summed E-state index contributed by atoms with van der Waals surface area (Å²) < 4.78 is 46.2. The van der Waals surface area contributed by atoms with E-state index in [2.05, 4.69) is 14.8 Å². The highest BCUT2D eigenvalue weighted by Gasteiger charge is 2.28. The van der Waals surface area contributed by atoms with Gasteiger partial charge in [0.15, 0.2) is 17.5 Å². The minimum absolute atomic E-state index is 0.0330. The maximum Gasteiger partial charge on any atom is 0.327 e. The van der Waals surface area contributed by atoms with Crippen LogP contribution >= 0.6 is 0 Å². The van der Waals surface area contributed by atoms with Gasteiger partial charge in [0.1, 0.15) is 18.7 Å². The van der Waals surface area contributed by atoms with Gasteiger partial charge in [-0.2, -0.15) is 5.10 Å². The lowest BCUT2D eigenvalue weighted by atomic mass is 10.0. The van der Waals surface area contributed by atoms with Crippen LogP contribution in [0, 0.1) is 17.5 Å². The summed E-state index contributed by atoms with van der Waals surface area (Å²) >= 11 is 0. The summed E-state index contributed by atoms with van der Waals surface area (Å²) in [7, 11) is 2.74. The van der Waals surface area contributed by atoms with Crippen LogP contribution in [-0.4, -0.2) is 46.3 Å². The van der Waals surface area contributed by atoms with Gasteiger partial charge in [0.05, 0.1) is 13.7 Å². The molecule has 0 aliphatic heterocycles. The Labute approximate surface area is 130 Å². The Morgan fingerprint density at radius 2 is 2.00 bits per heavy atom. The number of esters is 1. The first kappa shape index (κ1) is 16.9. The van der Waals surface area contributed by atoms with E-state index >= 15 is 0 Å². The lowest BCUT2D eigenvalue weighted by Gasteiger charge is -2.26. The van der Waals surface area contributed by atoms with E-state index in [0.717, 1.165) is 19.2 Å². The van der Waals surface area contributed by atoms with Gasteiger partial charge in [-0.1, -0.05) is 0 Å². The number of benzene rings is 1. The quantitative estimate of drug-likeness (QED) is 0.595. The molecule has 0 saturated heterocycles. The molecule has 0 aliphatic rings. The molecule has 9 heteroatoms. The molecule has 1 atom stereocenters. The minimum atomic E-state index is -1.58. The first-order valence-electron chi connectivity index (χ1n) is 6.69. The Morgan fingerprint density at radius 1 is 1.35 bits per heavy atom. The van der Waals surface area contributed by atoms with Crippen molar-refractivity contribution in [3.05, 3.63) is 47.8 Å². The molecule has 0 unspecified atom stereocenters. The van der Waals surface area contributed by atoms with Gasteiger partial charge in [0.25, 0.3) is 0 Å². The molecule has 6 nitrogen and oxygen atoms in total. The fourth-order valence-corrected chi connectivity index (χ4v) is 2.15. The lowest BCUT2D eigenvalue weighted by Crippen LogP contribution is -2.34. The van der Waals surface area contributed by atoms with Gasteiger partial charge in [-0.05, 0) is 24.7 Å². The van der Waals surface area contributed by atoms with E-state index in [9.17, 15) is 18.0 Å². The van der Waals surface area contributed by atoms with Gasteiger partial charge < -0.3 is 4.74 Å². The standard InChI is InChI=1S/C14H15F3N4O2/c1-20(3-4-21-8-18-7-19-21)13(14(22)23-2)9-5-10(15)12(17)11(16)6-9/h5-8,13H,3-4H2,1-2H3/t13-/m0/s1. The molecule has 2 aromatic rings. The van der Waals surface area contributed by atoms with Crippen molar-refractivity contribution in [1.82, 2.24) is 19.7 Å². The van der Waals surface area contributed by atoms with Crippen molar-refractivity contribution >= 4 is 5.97 Å². The van der Waals surface area contributed by atoms with E-state index in [1.807, 2.05) is 0 Å². The molecule has 0 bridgehead atoms. The number of carbonyl (C=O) groups excluding carboxylic acids is 1. The zero-order valence-corrected chi connectivity index (χ0v) is 12.5. The molecule has 1 aromatic heterocycles. The van der Waals surface area contributed by atoms with Gasteiger partial charge in [-0.25, -0.2) is 22.9 Å². The maximum atomic E-state index is 13.4. The summed E-state index contributed by atoms with van der Waals surface area (Å²) in [4.78, 5) is 17.3. The highest BCUT2D eigenvalue weighted by molar-refractivity contribution is 5.77.